The molecule has 1 amide bonds. The quantitative estimate of drug-likeness (QED) is 0.673. The first-order valence-corrected chi connectivity index (χ1v) is 8.55. The van der Waals surface area contributed by atoms with Crippen molar-refractivity contribution in [2.75, 3.05) is 6.54 Å². The molecule has 0 aliphatic rings. The van der Waals surface area contributed by atoms with E-state index in [1.165, 1.54) is 11.6 Å². The zero-order chi connectivity index (χ0) is 17.8. The van der Waals surface area contributed by atoms with Crippen molar-refractivity contribution in [2.45, 2.75) is 19.8 Å². The molecule has 5 heteroatoms. The Balaban J connectivity index is 1.70. The number of fused-ring (bicyclic) bond motifs is 1. The summed E-state index contributed by atoms with van der Waals surface area (Å²) in [7, 11) is 0. The van der Waals surface area contributed by atoms with E-state index >= 15 is 0 Å². The van der Waals surface area contributed by atoms with Crippen molar-refractivity contribution in [2.24, 2.45) is 0 Å². The molecule has 128 valence electrons. The number of aryl methyl sites for hydroxylation is 2. The first-order valence-electron chi connectivity index (χ1n) is 8.17. The summed E-state index contributed by atoms with van der Waals surface area (Å²) in [6, 6.07) is 15.2. The number of carbonyl (C=O) groups is 1. The van der Waals surface area contributed by atoms with E-state index < -0.39 is 0 Å². The average molecular weight is 355 g/mol. The zero-order valence-corrected chi connectivity index (χ0v) is 14.7. The van der Waals surface area contributed by atoms with Crippen molar-refractivity contribution in [3.63, 3.8) is 0 Å². The molecule has 0 aliphatic carbocycles. The maximum absolute atomic E-state index is 12.4. The predicted molar refractivity (Wildman–Crippen MR) is 100 cm³/mol. The number of carbonyl (C=O) groups excluding carboxylic acids is 1. The molecule has 1 heterocycles. The molecule has 0 saturated carbocycles. The van der Waals surface area contributed by atoms with Crippen molar-refractivity contribution in [1.82, 2.24) is 10.3 Å². The number of phenolic OH excluding ortho intramolecular Hbond substituents is 1. The normalized spacial score (nSPS) is 10.8. The molecule has 0 fully saturated rings. The third kappa shape index (κ3) is 3.91. The van der Waals surface area contributed by atoms with Crippen LogP contribution in [0.25, 0.3) is 10.9 Å². The van der Waals surface area contributed by atoms with Crippen LogP contribution in [0.15, 0.2) is 48.5 Å². The number of phenols is 1. The Kier molecular flexibility index (Phi) is 5.19. The van der Waals surface area contributed by atoms with Gasteiger partial charge in [-0.15, -0.1) is 0 Å². The molecule has 0 saturated heterocycles. The number of benzene rings is 2. The molecule has 0 atom stereocenters. The molecule has 1 aromatic heterocycles. The van der Waals surface area contributed by atoms with Crippen molar-refractivity contribution < 1.29 is 9.90 Å². The molecule has 2 aromatic carbocycles. The van der Waals surface area contributed by atoms with Crippen LogP contribution in [0.1, 0.15) is 28.0 Å². The summed E-state index contributed by atoms with van der Waals surface area (Å²) < 4.78 is 0. The minimum absolute atomic E-state index is 0.136. The van der Waals surface area contributed by atoms with E-state index in [1.807, 2.05) is 31.2 Å². The minimum Gasteiger partial charge on any atom is -0.505 e. The van der Waals surface area contributed by atoms with E-state index in [4.69, 9.17) is 11.6 Å². The minimum atomic E-state index is -0.349. The second-order valence-corrected chi connectivity index (χ2v) is 6.36. The van der Waals surface area contributed by atoms with Gasteiger partial charge in [-0.3, -0.25) is 4.79 Å². The number of nitrogens with zero attached hydrogens (tertiary/aromatic N) is 1. The van der Waals surface area contributed by atoms with Crippen molar-refractivity contribution in [1.29, 1.82) is 0 Å². The van der Waals surface area contributed by atoms with Gasteiger partial charge in [0.1, 0.15) is 5.52 Å². The number of hydrogen-bond donors (Lipinski definition) is 2. The summed E-state index contributed by atoms with van der Waals surface area (Å²) in [6.45, 7) is 2.34. The lowest BCUT2D eigenvalue weighted by atomic mass is 10.1. The van der Waals surface area contributed by atoms with Crippen LogP contribution in [0, 0.1) is 6.92 Å². The molecule has 4 nitrogen and oxygen atoms in total. The fourth-order valence-electron chi connectivity index (χ4n) is 2.74. The van der Waals surface area contributed by atoms with Crippen LogP contribution < -0.4 is 5.32 Å². The van der Waals surface area contributed by atoms with Gasteiger partial charge < -0.3 is 10.4 Å². The molecule has 0 radical (unpaired) electrons. The highest BCUT2D eigenvalue weighted by Crippen LogP contribution is 2.33. The van der Waals surface area contributed by atoms with Crippen LogP contribution in [-0.4, -0.2) is 22.5 Å². The standard InChI is InChI=1S/C20H19ClN2O2/c1-13-9-10-15-17(21)12-16(19(24)18(15)23-13)20(25)22-11-5-8-14-6-3-2-4-7-14/h2-4,6-7,9-10,12,24H,5,8,11H2,1H3,(H,22,25). The SMILES string of the molecule is Cc1ccc2c(Cl)cc(C(=O)NCCCc3ccccc3)c(O)c2n1. The zero-order valence-electron chi connectivity index (χ0n) is 13.9. The third-order valence-corrected chi connectivity index (χ3v) is 4.37. The monoisotopic (exact) mass is 354 g/mol. The van der Waals surface area contributed by atoms with Crippen LogP contribution in [0.2, 0.25) is 5.02 Å². The van der Waals surface area contributed by atoms with Gasteiger partial charge >= 0.3 is 0 Å². The summed E-state index contributed by atoms with van der Waals surface area (Å²) in [4.78, 5) is 16.7. The Morgan fingerprint density at radius 1 is 1.20 bits per heavy atom. The summed E-state index contributed by atoms with van der Waals surface area (Å²) in [5.74, 6) is -0.485. The lowest BCUT2D eigenvalue weighted by Gasteiger charge is -2.10. The highest BCUT2D eigenvalue weighted by Gasteiger charge is 2.17. The lowest BCUT2D eigenvalue weighted by molar-refractivity contribution is 0.0951. The number of aromatic hydroxyl groups is 1. The lowest BCUT2D eigenvalue weighted by Crippen LogP contribution is -2.25. The fraction of sp³-hybridized carbons (Fsp3) is 0.200. The Morgan fingerprint density at radius 3 is 2.72 bits per heavy atom. The number of amides is 1. The molecule has 0 spiro atoms. The molecule has 0 unspecified atom stereocenters. The van der Waals surface area contributed by atoms with Crippen LogP contribution >= 0.6 is 11.6 Å². The number of aromatic nitrogens is 1. The Hall–Kier alpha value is -2.59. The van der Waals surface area contributed by atoms with Gasteiger partial charge in [0.05, 0.1) is 10.6 Å². The Labute approximate surface area is 151 Å². The highest BCUT2D eigenvalue weighted by molar-refractivity contribution is 6.36. The van der Waals surface area contributed by atoms with Gasteiger partial charge in [-0.25, -0.2) is 4.98 Å². The van der Waals surface area contributed by atoms with Crippen LogP contribution in [-0.2, 0) is 6.42 Å². The van der Waals surface area contributed by atoms with Crippen molar-refractivity contribution in [3.05, 3.63) is 70.4 Å². The second-order valence-electron chi connectivity index (χ2n) is 5.95. The fourth-order valence-corrected chi connectivity index (χ4v) is 3.00. The number of pyridine rings is 1. The summed E-state index contributed by atoms with van der Waals surface area (Å²) in [5.41, 5.74) is 2.48. The van der Waals surface area contributed by atoms with Gasteiger partial charge in [-0.2, -0.15) is 0 Å². The molecule has 0 bridgehead atoms. The molecular weight excluding hydrogens is 336 g/mol. The Morgan fingerprint density at radius 2 is 1.96 bits per heavy atom. The van der Waals surface area contributed by atoms with Crippen LogP contribution in [0.4, 0.5) is 0 Å². The van der Waals surface area contributed by atoms with Crippen LogP contribution in [0.3, 0.4) is 0 Å². The molecule has 0 aliphatic heterocycles. The van der Waals surface area contributed by atoms with E-state index in [0.29, 0.717) is 22.5 Å². The number of halogens is 1. The summed E-state index contributed by atoms with van der Waals surface area (Å²) in [6.07, 6.45) is 1.70. The van der Waals surface area contributed by atoms with Gasteiger partial charge in [-0.05, 0) is 43.5 Å². The van der Waals surface area contributed by atoms with Crippen LogP contribution in [0.5, 0.6) is 5.75 Å². The molecule has 2 N–H and O–H groups in total. The number of rotatable bonds is 5. The van der Waals surface area contributed by atoms with Gasteiger partial charge in [-0.1, -0.05) is 41.9 Å². The number of nitrogens with one attached hydrogen (secondary N) is 1. The van der Waals surface area contributed by atoms with Crippen molar-refractivity contribution >= 4 is 28.4 Å². The predicted octanol–water partition coefficient (Wildman–Crippen LogP) is 4.26. The third-order valence-electron chi connectivity index (χ3n) is 4.06. The largest absolute Gasteiger partial charge is 0.505 e. The highest BCUT2D eigenvalue weighted by atomic mass is 35.5. The van der Waals surface area contributed by atoms with Gasteiger partial charge in [0.2, 0.25) is 0 Å². The van der Waals surface area contributed by atoms with Gasteiger partial charge in [0.15, 0.2) is 5.75 Å². The average Bonchev–Trinajstić information content (AvgIpc) is 2.62. The second kappa shape index (κ2) is 7.53. The van der Waals surface area contributed by atoms with E-state index in [1.54, 1.807) is 6.07 Å². The maximum atomic E-state index is 12.4. The van der Waals surface area contributed by atoms with Crippen molar-refractivity contribution in [3.8, 4) is 5.75 Å². The van der Waals surface area contributed by atoms with E-state index in [9.17, 15) is 9.90 Å². The van der Waals surface area contributed by atoms with Gasteiger partial charge in [0.25, 0.3) is 5.91 Å². The molecule has 3 aromatic rings. The van der Waals surface area contributed by atoms with E-state index in [2.05, 4.69) is 22.4 Å². The van der Waals surface area contributed by atoms with E-state index in [0.717, 1.165) is 18.5 Å². The molecule has 3 rings (SSSR count). The summed E-state index contributed by atoms with van der Waals surface area (Å²) in [5, 5.41) is 14.3. The number of hydrogen-bond acceptors (Lipinski definition) is 3. The maximum Gasteiger partial charge on any atom is 0.255 e. The summed E-state index contributed by atoms with van der Waals surface area (Å²) >= 11 is 6.24. The Bertz CT molecular complexity index is 910. The first-order chi connectivity index (χ1) is 12.1. The van der Waals surface area contributed by atoms with Gasteiger partial charge in [0, 0.05) is 17.6 Å². The first kappa shape index (κ1) is 17.2. The smallest absolute Gasteiger partial charge is 0.255 e. The molecular formula is C20H19ClN2O2. The molecule has 25 heavy (non-hydrogen) atoms. The topological polar surface area (TPSA) is 62.2 Å². The van der Waals surface area contributed by atoms with E-state index in [-0.39, 0.29) is 17.2 Å².